The van der Waals surface area contributed by atoms with Crippen LogP contribution in [0.1, 0.15) is 33.4 Å². The molecule has 0 bridgehead atoms. The highest BCUT2D eigenvalue weighted by Crippen LogP contribution is 2.36. The molecule has 1 atom stereocenters. The highest BCUT2D eigenvalue weighted by Gasteiger charge is 2.34. The van der Waals surface area contributed by atoms with E-state index in [1.807, 2.05) is 40.7 Å². The van der Waals surface area contributed by atoms with Crippen molar-refractivity contribution < 1.29 is 14.3 Å². The van der Waals surface area contributed by atoms with E-state index in [0.717, 1.165) is 10.2 Å². The van der Waals surface area contributed by atoms with Crippen molar-refractivity contribution in [3.8, 4) is 5.88 Å². The zero-order valence-electron chi connectivity index (χ0n) is 12.4. The van der Waals surface area contributed by atoms with Gasteiger partial charge in [-0.3, -0.25) is 4.90 Å². The van der Waals surface area contributed by atoms with Gasteiger partial charge in [-0.25, -0.2) is 9.78 Å². The third-order valence-electron chi connectivity index (χ3n) is 2.85. The number of hydrogen-bond donors (Lipinski definition) is 0. The molecule has 20 heavy (non-hydrogen) atoms. The molecular formula is C14H19BrN2O3. The number of pyridine rings is 1. The summed E-state index contributed by atoms with van der Waals surface area (Å²) in [4.78, 5) is 18.3. The number of halogens is 1. The van der Waals surface area contributed by atoms with Gasteiger partial charge in [0.05, 0.1) is 11.7 Å². The van der Waals surface area contributed by atoms with Crippen molar-refractivity contribution in [1.82, 2.24) is 4.98 Å². The highest BCUT2D eigenvalue weighted by molar-refractivity contribution is 9.10. The van der Waals surface area contributed by atoms with Gasteiger partial charge in [-0.1, -0.05) is 0 Å². The minimum absolute atomic E-state index is 0.103. The molecule has 1 aromatic rings. The second kappa shape index (κ2) is 5.24. The van der Waals surface area contributed by atoms with Crippen LogP contribution in [0.5, 0.6) is 5.88 Å². The van der Waals surface area contributed by atoms with E-state index < -0.39 is 5.60 Å². The summed E-state index contributed by atoms with van der Waals surface area (Å²) in [5.41, 5.74) is 0.919. The van der Waals surface area contributed by atoms with Gasteiger partial charge < -0.3 is 9.47 Å². The fourth-order valence-corrected chi connectivity index (χ4v) is 2.23. The molecule has 0 aliphatic carbocycles. The Kier molecular flexibility index (Phi) is 3.95. The lowest BCUT2D eigenvalue weighted by Gasteiger charge is -2.35. The van der Waals surface area contributed by atoms with Crippen molar-refractivity contribution in [1.29, 1.82) is 0 Å². The Hall–Kier alpha value is -1.30. The second-order valence-electron chi connectivity index (χ2n) is 5.89. The van der Waals surface area contributed by atoms with E-state index in [1.54, 1.807) is 4.90 Å². The van der Waals surface area contributed by atoms with Gasteiger partial charge in [0, 0.05) is 4.47 Å². The maximum Gasteiger partial charge on any atom is 0.415 e. The Morgan fingerprint density at radius 1 is 1.55 bits per heavy atom. The normalized spacial score (nSPS) is 18.3. The number of ether oxygens (including phenoxy) is 2. The molecule has 1 aliphatic rings. The Morgan fingerprint density at radius 3 is 2.80 bits per heavy atom. The van der Waals surface area contributed by atoms with Gasteiger partial charge in [-0.2, -0.15) is 0 Å². The van der Waals surface area contributed by atoms with Gasteiger partial charge in [0.25, 0.3) is 0 Å². The predicted molar refractivity (Wildman–Crippen MR) is 80.3 cm³/mol. The van der Waals surface area contributed by atoms with Crippen molar-refractivity contribution >= 4 is 27.7 Å². The SMILES string of the molecule is Cc1nc2c(cc1Br)N(C(=O)OC(C)(C)C)[C@@H](C)CO2. The number of anilines is 1. The third kappa shape index (κ3) is 3.06. The van der Waals surface area contributed by atoms with Gasteiger partial charge >= 0.3 is 6.09 Å². The number of amides is 1. The van der Waals surface area contributed by atoms with Crippen LogP contribution in [0.15, 0.2) is 10.5 Å². The molecule has 1 aliphatic heterocycles. The quantitative estimate of drug-likeness (QED) is 0.721. The zero-order valence-corrected chi connectivity index (χ0v) is 13.9. The molecule has 2 heterocycles. The Balaban J connectivity index is 2.39. The topological polar surface area (TPSA) is 51.7 Å². The van der Waals surface area contributed by atoms with Crippen LogP contribution in [0.2, 0.25) is 0 Å². The lowest BCUT2D eigenvalue weighted by molar-refractivity contribution is 0.0546. The number of rotatable bonds is 0. The summed E-state index contributed by atoms with van der Waals surface area (Å²) in [6, 6.07) is 1.74. The molecule has 5 nitrogen and oxygen atoms in total. The molecule has 110 valence electrons. The molecule has 0 saturated carbocycles. The number of nitrogens with zero attached hydrogens (tertiary/aromatic N) is 2. The third-order valence-corrected chi connectivity index (χ3v) is 3.65. The Morgan fingerprint density at radius 2 is 2.20 bits per heavy atom. The van der Waals surface area contributed by atoms with Crippen molar-refractivity contribution in [2.24, 2.45) is 0 Å². The molecule has 1 aromatic heterocycles. The first kappa shape index (κ1) is 15.1. The van der Waals surface area contributed by atoms with E-state index in [-0.39, 0.29) is 12.1 Å². The van der Waals surface area contributed by atoms with Crippen LogP contribution in [0, 0.1) is 6.92 Å². The van der Waals surface area contributed by atoms with Crippen molar-refractivity contribution in [2.45, 2.75) is 46.3 Å². The van der Waals surface area contributed by atoms with Crippen molar-refractivity contribution in [3.63, 3.8) is 0 Å². The van der Waals surface area contributed by atoms with Gasteiger partial charge in [-0.05, 0) is 56.6 Å². The molecule has 2 rings (SSSR count). The van der Waals surface area contributed by atoms with Crippen LogP contribution < -0.4 is 9.64 Å². The second-order valence-corrected chi connectivity index (χ2v) is 6.74. The van der Waals surface area contributed by atoms with Crippen LogP contribution in [0.3, 0.4) is 0 Å². The molecule has 0 unspecified atom stereocenters. The van der Waals surface area contributed by atoms with Gasteiger partial charge in [0.1, 0.15) is 17.9 Å². The van der Waals surface area contributed by atoms with Gasteiger partial charge in [0.15, 0.2) is 0 Å². The minimum atomic E-state index is -0.537. The fourth-order valence-electron chi connectivity index (χ4n) is 1.93. The number of carbonyl (C=O) groups is 1. The number of hydrogen-bond acceptors (Lipinski definition) is 4. The Labute approximate surface area is 127 Å². The molecular weight excluding hydrogens is 324 g/mol. The van der Waals surface area contributed by atoms with E-state index in [4.69, 9.17) is 9.47 Å². The largest absolute Gasteiger partial charge is 0.474 e. The molecule has 0 saturated heterocycles. The van der Waals surface area contributed by atoms with Crippen molar-refractivity contribution in [2.75, 3.05) is 11.5 Å². The molecule has 0 spiro atoms. The zero-order chi connectivity index (χ0) is 15.1. The van der Waals surface area contributed by atoms with E-state index in [0.29, 0.717) is 18.2 Å². The first-order chi connectivity index (χ1) is 9.19. The summed E-state index contributed by atoms with van der Waals surface area (Å²) in [6.07, 6.45) is -0.382. The van der Waals surface area contributed by atoms with Gasteiger partial charge in [-0.15, -0.1) is 0 Å². The first-order valence-corrected chi connectivity index (χ1v) is 7.30. The van der Waals surface area contributed by atoms with Crippen LogP contribution >= 0.6 is 15.9 Å². The molecule has 0 radical (unpaired) electrons. The van der Waals surface area contributed by atoms with Gasteiger partial charge in [0.2, 0.25) is 5.88 Å². The monoisotopic (exact) mass is 342 g/mol. The molecule has 0 fully saturated rings. The van der Waals surface area contributed by atoms with E-state index >= 15 is 0 Å². The van der Waals surface area contributed by atoms with Crippen molar-refractivity contribution in [3.05, 3.63) is 16.2 Å². The summed E-state index contributed by atoms with van der Waals surface area (Å²) >= 11 is 3.44. The Bertz CT molecular complexity index is 540. The van der Waals surface area contributed by atoms with Crippen LogP contribution in [-0.2, 0) is 4.74 Å². The molecule has 0 aromatic carbocycles. The average molecular weight is 343 g/mol. The predicted octanol–water partition coefficient (Wildman–Crippen LogP) is 3.67. The summed E-state index contributed by atoms with van der Waals surface area (Å²) in [5, 5.41) is 0. The standard InChI is InChI=1S/C14H19BrN2O3/c1-8-7-19-12-11(6-10(15)9(2)16-12)17(8)13(18)20-14(3,4)5/h6,8H,7H2,1-5H3/t8-/m0/s1. The summed E-state index contributed by atoms with van der Waals surface area (Å²) in [7, 11) is 0. The number of carbonyl (C=O) groups excluding carboxylic acids is 1. The lowest BCUT2D eigenvalue weighted by Crippen LogP contribution is -2.47. The van der Waals surface area contributed by atoms with E-state index in [2.05, 4.69) is 20.9 Å². The lowest BCUT2D eigenvalue weighted by atomic mass is 10.2. The fraction of sp³-hybridized carbons (Fsp3) is 0.571. The summed E-state index contributed by atoms with van der Waals surface area (Å²) in [5.74, 6) is 0.467. The van der Waals surface area contributed by atoms with Crippen LogP contribution in [0.4, 0.5) is 10.5 Å². The smallest absolute Gasteiger partial charge is 0.415 e. The maximum atomic E-state index is 12.4. The first-order valence-electron chi connectivity index (χ1n) is 6.51. The number of aromatic nitrogens is 1. The highest BCUT2D eigenvalue weighted by atomic mass is 79.9. The number of aryl methyl sites for hydroxylation is 1. The minimum Gasteiger partial charge on any atom is -0.474 e. The number of fused-ring (bicyclic) bond motifs is 1. The average Bonchev–Trinajstić information content (AvgIpc) is 2.28. The van der Waals surface area contributed by atoms with Crippen LogP contribution in [-0.4, -0.2) is 29.3 Å². The van der Waals surface area contributed by atoms with E-state index in [9.17, 15) is 4.79 Å². The molecule has 6 heteroatoms. The molecule has 0 N–H and O–H groups in total. The van der Waals surface area contributed by atoms with E-state index in [1.165, 1.54) is 0 Å². The van der Waals surface area contributed by atoms with Crippen LogP contribution in [0.25, 0.3) is 0 Å². The summed E-state index contributed by atoms with van der Waals surface area (Å²) < 4.78 is 11.9. The maximum absolute atomic E-state index is 12.4. The summed E-state index contributed by atoms with van der Waals surface area (Å²) in [6.45, 7) is 9.74. The molecule has 1 amide bonds.